The maximum absolute atomic E-state index is 13.0. The van der Waals surface area contributed by atoms with Gasteiger partial charge < -0.3 is 9.47 Å². The summed E-state index contributed by atoms with van der Waals surface area (Å²) in [5.74, 6) is 0.636. The average molecular weight is 268 g/mol. The SMILES string of the molecule is Fc1ccc([C@H]2C=C[C@@]3(COc4ccccc43)O2)cc1. The smallest absolute Gasteiger partial charge is 0.150 e. The van der Waals surface area contributed by atoms with Crippen LogP contribution in [0, 0.1) is 5.82 Å². The van der Waals surface area contributed by atoms with Crippen LogP contribution < -0.4 is 4.74 Å². The fourth-order valence-electron chi connectivity index (χ4n) is 2.82. The van der Waals surface area contributed by atoms with E-state index in [2.05, 4.69) is 0 Å². The highest BCUT2D eigenvalue weighted by Gasteiger charge is 2.44. The molecule has 100 valence electrons. The van der Waals surface area contributed by atoms with Gasteiger partial charge in [-0.25, -0.2) is 4.39 Å². The predicted octanol–water partition coefficient (Wildman–Crippen LogP) is 3.74. The Morgan fingerprint density at radius 2 is 1.85 bits per heavy atom. The number of fused-ring (bicyclic) bond motifs is 2. The van der Waals surface area contributed by atoms with Crippen LogP contribution in [0.3, 0.4) is 0 Å². The third-order valence-corrected chi connectivity index (χ3v) is 3.86. The van der Waals surface area contributed by atoms with Crippen molar-refractivity contribution in [3.05, 3.63) is 77.6 Å². The van der Waals surface area contributed by atoms with Crippen LogP contribution in [0.2, 0.25) is 0 Å². The van der Waals surface area contributed by atoms with Gasteiger partial charge in [-0.15, -0.1) is 0 Å². The lowest BCUT2D eigenvalue weighted by atomic mass is 9.97. The molecule has 4 rings (SSSR count). The van der Waals surface area contributed by atoms with Crippen molar-refractivity contribution in [1.29, 1.82) is 0 Å². The minimum atomic E-state index is -0.504. The van der Waals surface area contributed by atoms with Crippen molar-refractivity contribution < 1.29 is 13.9 Å². The Hall–Kier alpha value is -2.13. The minimum absolute atomic E-state index is 0.162. The van der Waals surface area contributed by atoms with Gasteiger partial charge in [-0.05, 0) is 29.8 Å². The summed E-state index contributed by atoms with van der Waals surface area (Å²) in [5.41, 5.74) is 1.50. The van der Waals surface area contributed by atoms with Gasteiger partial charge in [0, 0.05) is 5.56 Å². The molecule has 2 aliphatic rings. The van der Waals surface area contributed by atoms with Gasteiger partial charge in [0.05, 0.1) is 0 Å². The molecule has 0 radical (unpaired) electrons. The Kier molecular flexibility index (Phi) is 2.44. The molecule has 3 heteroatoms. The van der Waals surface area contributed by atoms with Crippen molar-refractivity contribution in [3.63, 3.8) is 0 Å². The van der Waals surface area contributed by atoms with Crippen molar-refractivity contribution in [3.8, 4) is 5.75 Å². The Balaban J connectivity index is 1.66. The summed E-state index contributed by atoms with van der Waals surface area (Å²) in [6.07, 6.45) is 3.90. The van der Waals surface area contributed by atoms with Crippen molar-refractivity contribution in [2.75, 3.05) is 6.61 Å². The third kappa shape index (κ3) is 1.67. The summed E-state index contributed by atoms with van der Waals surface area (Å²) in [7, 11) is 0. The Labute approximate surface area is 116 Å². The van der Waals surface area contributed by atoms with Crippen molar-refractivity contribution in [1.82, 2.24) is 0 Å². The molecule has 2 atom stereocenters. The number of halogens is 1. The van der Waals surface area contributed by atoms with Gasteiger partial charge in [0.25, 0.3) is 0 Å². The summed E-state index contributed by atoms with van der Waals surface area (Å²) in [6.45, 7) is 0.487. The maximum atomic E-state index is 13.0. The minimum Gasteiger partial charge on any atom is -0.489 e. The molecule has 0 bridgehead atoms. The number of para-hydroxylation sites is 1. The van der Waals surface area contributed by atoms with Crippen LogP contribution in [-0.2, 0) is 10.3 Å². The van der Waals surface area contributed by atoms with Gasteiger partial charge in [0.15, 0.2) is 0 Å². The van der Waals surface area contributed by atoms with Crippen LogP contribution in [0.4, 0.5) is 4.39 Å². The standard InChI is InChI=1S/C17H13FO2/c18-13-7-5-12(6-8-13)15-9-10-17(20-15)11-19-16-4-2-1-3-14(16)17/h1-10,15H,11H2/t15-,17+/m1/s1. The lowest BCUT2D eigenvalue weighted by Gasteiger charge is -2.23. The molecule has 2 heterocycles. The number of hydrogen-bond acceptors (Lipinski definition) is 2. The van der Waals surface area contributed by atoms with E-state index in [1.807, 2.05) is 36.4 Å². The summed E-state index contributed by atoms with van der Waals surface area (Å²) in [4.78, 5) is 0. The Morgan fingerprint density at radius 1 is 1.05 bits per heavy atom. The molecule has 2 aliphatic heterocycles. The highest BCUT2D eigenvalue weighted by Crippen LogP contribution is 2.47. The number of rotatable bonds is 1. The molecule has 1 spiro atoms. The van der Waals surface area contributed by atoms with E-state index in [0.717, 1.165) is 16.9 Å². The number of ether oxygens (including phenoxy) is 2. The number of benzene rings is 2. The zero-order chi connectivity index (χ0) is 13.6. The molecule has 0 aliphatic carbocycles. The van der Waals surface area contributed by atoms with Crippen molar-refractivity contribution >= 4 is 0 Å². The van der Waals surface area contributed by atoms with Crippen LogP contribution in [0.15, 0.2) is 60.7 Å². The topological polar surface area (TPSA) is 18.5 Å². The van der Waals surface area contributed by atoms with Gasteiger partial charge in [-0.2, -0.15) is 0 Å². The lowest BCUT2D eigenvalue weighted by Crippen LogP contribution is -2.26. The Morgan fingerprint density at radius 3 is 2.70 bits per heavy atom. The van der Waals surface area contributed by atoms with E-state index >= 15 is 0 Å². The molecule has 0 saturated heterocycles. The van der Waals surface area contributed by atoms with Gasteiger partial charge in [-0.3, -0.25) is 0 Å². The normalized spacial score (nSPS) is 26.8. The molecular formula is C17H13FO2. The van der Waals surface area contributed by atoms with Gasteiger partial charge in [0.2, 0.25) is 0 Å². The molecule has 2 nitrogen and oxygen atoms in total. The van der Waals surface area contributed by atoms with Gasteiger partial charge in [-0.1, -0.05) is 36.4 Å². The highest BCUT2D eigenvalue weighted by atomic mass is 19.1. The van der Waals surface area contributed by atoms with E-state index in [0.29, 0.717) is 6.61 Å². The molecule has 20 heavy (non-hydrogen) atoms. The molecule has 0 saturated carbocycles. The van der Waals surface area contributed by atoms with E-state index in [-0.39, 0.29) is 11.9 Å². The van der Waals surface area contributed by atoms with E-state index in [4.69, 9.17) is 9.47 Å². The van der Waals surface area contributed by atoms with Gasteiger partial charge >= 0.3 is 0 Å². The highest BCUT2D eigenvalue weighted by molar-refractivity contribution is 5.46. The van der Waals surface area contributed by atoms with Crippen LogP contribution in [0.5, 0.6) is 5.75 Å². The monoisotopic (exact) mass is 268 g/mol. The second-order valence-corrected chi connectivity index (χ2v) is 5.12. The molecule has 0 fully saturated rings. The summed E-state index contributed by atoms with van der Waals surface area (Å²) >= 11 is 0. The predicted molar refractivity (Wildman–Crippen MR) is 73.0 cm³/mol. The fraction of sp³-hybridized carbons (Fsp3) is 0.176. The quantitative estimate of drug-likeness (QED) is 0.733. The van der Waals surface area contributed by atoms with E-state index in [1.165, 1.54) is 12.1 Å². The lowest BCUT2D eigenvalue weighted by molar-refractivity contribution is -0.0390. The van der Waals surface area contributed by atoms with E-state index < -0.39 is 5.60 Å². The average Bonchev–Trinajstić information content (AvgIpc) is 3.07. The van der Waals surface area contributed by atoms with Crippen LogP contribution in [-0.4, -0.2) is 6.61 Å². The summed E-state index contributed by atoms with van der Waals surface area (Å²) < 4.78 is 24.9. The molecule has 2 aromatic rings. The summed E-state index contributed by atoms with van der Waals surface area (Å²) in [5, 5.41) is 0. The fourth-order valence-corrected chi connectivity index (χ4v) is 2.82. The molecule has 0 unspecified atom stereocenters. The van der Waals surface area contributed by atoms with Gasteiger partial charge in [0.1, 0.15) is 29.9 Å². The second kappa shape index (κ2) is 4.18. The van der Waals surface area contributed by atoms with Crippen molar-refractivity contribution in [2.24, 2.45) is 0 Å². The van der Waals surface area contributed by atoms with Crippen LogP contribution in [0.25, 0.3) is 0 Å². The maximum Gasteiger partial charge on any atom is 0.150 e. The second-order valence-electron chi connectivity index (χ2n) is 5.12. The van der Waals surface area contributed by atoms with Crippen LogP contribution >= 0.6 is 0 Å². The molecule has 0 amide bonds. The summed E-state index contributed by atoms with van der Waals surface area (Å²) in [6, 6.07) is 14.3. The molecule has 2 aromatic carbocycles. The Bertz CT molecular complexity index is 678. The van der Waals surface area contributed by atoms with E-state index in [9.17, 15) is 4.39 Å². The molecule has 0 aromatic heterocycles. The number of hydrogen-bond donors (Lipinski definition) is 0. The van der Waals surface area contributed by atoms with Crippen molar-refractivity contribution in [2.45, 2.75) is 11.7 Å². The first-order chi connectivity index (χ1) is 9.77. The zero-order valence-electron chi connectivity index (χ0n) is 10.8. The first-order valence-corrected chi connectivity index (χ1v) is 6.62. The molecular weight excluding hydrogens is 255 g/mol. The first-order valence-electron chi connectivity index (χ1n) is 6.62. The third-order valence-electron chi connectivity index (χ3n) is 3.86. The van der Waals surface area contributed by atoms with Crippen LogP contribution in [0.1, 0.15) is 17.2 Å². The largest absolute Gasteiger partial charge is 0.489 e. The molecule has 0 N–H and O–H groups in total. The van der Waals surface area contributed by atoms with E-state index in [1.54, 1.807) is 12.1 Å². The zero-order valence-corrected chi connectivity index (χ0v) is 10.8. The first kappa shape index (κ1) is 11.7.